The second-order valence-corrected chi connectivity index (χ2v) is 7.11. The normalized spacial score (nSPS) is 18.1. The number of carbonyl (C=O) groups excluding carboxylic acids is 1. The fourth-order valence-corrected chi connectivity index (χ4v) is 3.74. The van der Waals surface area contributed by atoms with Gasteiger partial charge in [-0.25, -0.2) is 0 Å². The Kier molecular flexibility index (Phi) is 6.24. The number of methoxy groups -OCH3 is 2. The summed E-state index contributed by atoms with van der Waals surface area (Å²) in [5.74, 6) is 1.57. The van der Waals surface area contributed by atoms with Crippen LogP contribution in [0.2, 0.25) is 5.02 Å². The zero-order valence-electron chi connectivity index (χ0n) is 15.9. The third kappa shape index (κ3) is 4.37. The quantitative estimate of drug-likeness (QED) is 0.790. The van der Waals surface area contributed by atoms with E-state index in [-0.39, 0.29) is 18.0 Å². The largest absolute Gasteiger partial charge is 0.497 e. The van der Waals surface area contributed by atoms with Crippen molar-refractivity contribution in [3.05, 3.63) is 53.1 Å². The van der Waals surface area contributed by atoms with Crippen molar-refractivity contribution < 1.29 is 14.3 Å². The van der Waals surface area contributed by atoms with Crippen molar-refractivity contribution in [2.45, 2.75) is 31.8 Å². The molecule has 1 heterocycles. The summed E-state index contributed by atoms with van der Waals surface area (Å²) in [6, 6.07) is 12.8. The number of nitrogens with one attached hydrogen (secondary N) is 1. The molecule has 0 aliphatic carbocycles. The number of hydrogen-bond acceptors (Lipinski definition) is 4. The Balaban J connectivity index is 1.79. The van der Waals surface area contributed by atoms with E-state index < -0.39 is 0 Å². The van der Waals surface area contributed by atoms with Gasteiger partial charge in [-0.2, -0.15) is 0 Å². The molecular weight excluding hydrogens is 364 g/mol. The lowest BCUT2D eigenvalue weighted by molar-refractivity contribution is -0.121. The minimum absolute atomic E-state index is 0.0360. The average molecular weight is 389 g/mol. The first-order chi connectivity index (χ1) is 13.0. The molecule has 0 unspecified atom stereocenters. The van der Waals surface area contributed by atoms with Gasteiger partial charge in [0.05, 0.1) is 20.3 Å². The highest BCUT2D eigenvalue weighted by molar-refractivity contribution is 6.30. The molecule has 1 aliphatic heterocycles. The summed E-state index contributed by atoms with van der Waals surface area (Å²) >= 11 is 5.91. The lowest BCUT2D eigenvalue weighted by Gasteiger charge is -2.31. The fourth-order valence-electron chi connectivity index (χ4n) is 3.62. The van der Waals surface area contributed by atoms with Crippen molar-refractivity contribution in [1.29, 1.82) is 0 Å². The van der Waals surface area contributed by atoms with Crippen molar-refractivity contribution in [3.63, 3.8) is 0 Å². The Morgan fingerprint density at radius 3 is 2.59 bits per heavy atom. The molecule has 0 spiro atoms. The Hall–Kier alpha value is -2.24. The van der Waals surface area contributed by atoms with E-state index in [2.05, 4.69) is 10.2 Å². The van der Waals surface area contributed by atoms with Gasteiger partial charge >= 0.3 is 0 Å². The summed E-state index contributed by atoms with van der Waals surface area (Å²) < 4.78 is 10.9. The van der Waals surface area contributed by atoms with Crippen LogP contribution >= 0.6 is 11.6 Å². The topological polar surface area (TPSA) is 50.8 Å². The summed E-state index contributed by atoms with van der Waals surface area (Å²) in [6.45, 7) is 2.80. The van der Waals surface area contributed by atoms with Crippen LogP contribution in [-0.4, -0.2) is 37.6 Å². The summed E-state index contributed by atoms with van der Waals surface area (Å²) in [6.07, 6.45) is 2.01. The Bertz CT molecular complexity index is 795. The summed E-state index contributed by atoms with van der Waals surface area (Å²) in [5, 5.41) is 3.62. The first-order valence-electron chi connectivity index (χ1n) is 9.07. The van der Waals surface area contributed by atoms with E-state index >= 15 is 0 Å². The standard InChI is InChI=1S/C21H25ClN2O3/c1-14(21(25)23-16-8-6-15(22)7-9-16)24-12-4-5-19(24)18-13-17(26-2)10-11-20(18)27-3/h6-11,13-14,19H,4-5,12H2,1-3H3,(H,23,25)/t14-,19-/m1/s1. The number of likely N-dealkylation sites (tertiary alicyclic amines) is 1. The highest BCUT2D eigenvalue weighted by atomic mass is 35.5. The zero-order chi connectivity index (χ0) is 19.4. The van der Waals surface area contributed by atoms with Gasteiger partial charge in [-0.3, -0.25) is 9.69 Å². The maximum atomic E-state index is 12.8. The zero-order valence-corrected chi connectivity index (χ0v) is 16.6. The highest BCUT2D eigenvalue weighted by Gasteiger charge is 2.34. The van der Waals surface area contributed by atoms with Crippen LogP contribution in [-0.2, 0) is 4.79 Å². The van der Waals surface area contributed by atoms with Crippen LogP contribution in [0.5, 0.6) is 11.5 Å². The Morgan fingerprint density at radius 1 is 1.19 bits per heavy atom. The van der Waals surface area contributed by atoms with Crippen LogP contribution in [0.25, 0.3) is 0 Å². The number of amides is 1. The number of anilines is 1. The molecule has 5 nitrogen and oxygen atoms in total. The van der Waals surface area contributed by atoms with Crippen molar-refractivity contribution >= 4 is 23.2 Å². The Labute approximate surface area is 165 Å². The molecule has 0 bridgehead atoms. The first-order valence-corrected chi connectivity index (χ1v) is 9.45. The smallest absolute Gasteiger partial charge is 0.241 e. The maximum Gasteiger partial charge on any atom is 0.241 e. The highest BCUT2D eigenvalue weighted by Crippen LogP contribution is 2.40. The fraction of sp³-hybridized carbons (Fsp3) is 0.381. The molecule has 1 aliphatic rings. The molecule has 1 amide bonds. The number of nitrogens with zero attached hydrogens (tertiary/aromatic N) is 1. The Morgan fingerprint density at radius 2 is 1.93 bits per heavy atom. The van der Waals surface area contributed by atoms with Crippen LogP contribution < -0.4 is 14.8 Å². The molecule has 1 fully saturated rings. The van der Waals surface area contributed by atoms with Gasteiger partial charge in [0.25, 0.3) is 0 Å². The van der Waals surface area contributed by atoms with E-state index in [1.54, 1.807) is 38.5 Å². The molecule has 2 aromatic carbocycles. The predicted octanol–water partition coefficient (Wildman–Crippen LogP) is 4.52. The summed E-state index contributed by atoms with van der Waals surface area (Å²) in [7, 11) is 3.32. The molecule has 144 valence electrons. The van der Waals surface area contributed by atoms with Gasteiger partial charge in [-0.15, -0.1) is 0 Å². The molecule has 0 radical (unpaired) electrons. The van der Waals surface area contributed by atoms with Gasteiger partial charge in [0, 0.05) is 22.3 Å². The number of halogens is 1. The molecule has 0 saturated carbocycles. The van der Waals surface area contributed by atoms with E-state index in [9.17, 15) is 4.79 Å². The molecule has 2 atom stereocenters. The number of benzene rings is 2. The molecule has 3 rings (SSSR count). The van der Waals surface area contributed by atoms with E-state index in [0.717, 1.165) is 42.1 Å². The van der Waals surface area contributed by atoms with E-state index in [1.165, 1.54) is 0 Å². The van der Waals surface area contributed by atoms with E-state index in [1.807, 2.05) is 25.1 Å². The monoisotopic (exact) mass is 388 g/mol. The van der Waals surface area contributed by atoms with Gasteiger partial charge in [0.2, 0.25) is 5.91 Å². The number of ether oxygens (including phenoxy) is 2. The molecular formula is C21H25ClN2O3. The van der Waals surface area contributed by atoms with Gasteiger partial charge < -0.3 is 14.8 Å². The van der Waals surface area contributed by atoms with Crippen molar-refractivity contribution in [1.82, 2.24) is 4.90 Å². The van der Waals surface area contributed by atoms with Gasteiger partial charge in [-0.1, -0.05) is 11.6 Å². The second-order valence-electron chi connectivity index (χ2n) is 6.68. The number of rotatable bonds is 6. The van der Waals surface area contributed by atoms with Crippen LogP contribution in [0.1, 0.15) is 31.4 Å². The summed E-state index contributed by atoms with van der Waals surface area (Å²) in [5.41, 5.74) is 1.80. The van der Waals surface area contributed by atoms with E-state index in [0.29, 0.717) is 5.02 Å². The average Bonchev–Trinajstić information content (AvgIpc) is 3.18. The molecule has 0 aromatic heterocycles. The minimum Gasteiger partial charge on any atom is -0.497 e. The van der Waals surface area contributed by atoms with Gasteiger partial charge in [-0.05, 0) is 68.8 Å². The SMILES string of the molecule is COc1ccc(OC)c([C@H]2CCCN2[C@H](C)C(=O)Nc2ccc(Cl)cc2)c1. The van der Waals surface area contributed by atoms with E-state index in [4.69, 9.17) is 21.1 Å². The predicted molar refractivity (Wildman–Crippen MR) is 108 cm³/mol. The lowest BCUT2D eigenvalue weighted by Crippen LogP contribution is -2.41. The molecule has 1 N–H and O–H groups in total. The molecule has 2 aromatic rings. The number of hydrogen-bond donors (Lipinski definition) is 1. The van der Waals surface area contributed by atoms with Crippen LogP contribution in [0.4, 0.5) is 5.69 Å². The first kappa shape index (κ1) is 19.5. The van der Waals surface area contributed by atoms with Crippen LogP contribution in [0, 0.1) is 0 Å². The minimum atomic E-state index is -0.274. The third-order valence-corrected chi connectivity index (χ3v) is 5.33. The van der Waals surface area contributed by atoms with Crippen molar-refractivity contribution in [3.8, 4) is 11.5 Å². The summed E-state index contributed by atoms with van der Waals surface area (Å²) in [4.78, 5) is 15.0. The second kappa shape index (κ2) is 8.63. The molecule has 27 heavy (non-hydrogen) atoms. The number of carbonyl (C=O) groups is 1. The third-order valence-electron chi connectivity index (χ3n) is 5.08. The van der Waals surface area contributed by atoms with Crippen LogP contribution in [0.3, 0.4) is 0 Å². The van der Waals surface area contributed by atoms with Gasteiger partial charge in [0.15, 0.2) is 0 Å². The van der Waals surface area contributed by atoms with Crippen molar-refractivity contribution in [2.75, 3.05) is 26.1 Å². The van der Waals surface area contributed by atoms with Gasteiger partial charge in [0.1, 0.15) is 11.5 Å². The maximum absolute atomic E-state index is 12.8. The lowest BCUT2D eigenvalue weighted by atomic mass is 10.0. The molecule has 1 saturated heterocycles. The van der Waals surface area contributed by atoms with Crippen LogP contribution in [0.15, 0.2) is 42.5 Å². The van der Waals surface area contributed by atoms with Crippen molar-refractivity contribution in [2.24, 2.45) is 0 Å². The molecule has 6 heteroatoms.